The van der Waals surface area contributed by atoms with Crippen molar-refractivity contribution in [1.29, 1.82) is 0 Å². The van der Waals surface area contributed by atoms with Crippen LogP contribution in [0, 0.1) is 0 Å². The minimum Gasteiger partial charge on any atom is -0.502 e. The van der Waals surface area contributed by atoms with Crippen LogP contribution < -0.4 is 10.6 Å². The summed E-state index contributed by atoms with van der Waals surface area (Å²) in [5, 5.41) is 5.34. The van der Waals surface area contributed by atoms with Crippen LogP contribution in [0.25, 0.3) is 0 Å². The largest absolute Gasteiger partial charge is 0.502 e. The average Bonchev–Trinajstić information content (AvgIpc) is 2.39. The fourth-order valence-electron chi connectivity index (χ4n) is 2.02. The third kappa shape index (κ3) is 5.70. The standard InChI is InChI=1S/C13H22N2O3/c1-2-18-10-6-9-14-12(16)13(17)15-11-7-4-3-5-8-11/h2,11H,1,3-10H2,(H,14,16)(H,15,17). The minimum atomic E-state index is -0.556. The highest BCUT2D eigenvalue weighted by atomic mass is 16.5. The number of hydrogen-bond acceptors (Lipinski definition) is 3. The maximum Gasteiger partial charge on any atom is 0.309 e. The Morgan fingerprint density at radius 1 is 1.22 bits per heavy atom. The molecule has 0 aliphatic heterocycles. The second-order valence-corrected chi connectivity index (χ2v) is 4.46. The van der Waals surface area contributed by atoms with E-state index >= 15 is 0 Å². The molecule has 5 heteroatoms. The summed E-state index contributed by atoms with van der Waals surface area (Å²) in [6.07, 6.45) is 7.46. The van der Waals surface area contributed by atoms with Crippen LogP contribution in [0.2, 0.25) is 0 Å². The van der Waals surface area contributed by atoms with Gasteiger partial charge in [-0.25, -0.2) is 0 Å². The predicted molar refractivity (Wildman–Crippen MR) is 68.8 cm³/mol. The molecule has 0 bridgehead atoms. The van der Waals surface area contributed by atoms with Gasteiger partial charge in [-0.15, -0.1) is 0 Å². The maximum absolute atomic E-state index is 11.6. The van der Waals surface area contributed by atoms with E-state index in [4.69, 9.17) is 4.74 Å². The van der Waals surface area contributed by atoms with Crippen molar-refractivity contribution in [2.24, 2.45) is 0 Å². The minimum absolute atomic E-state index is 0.168. The molecule has 0 saturated heterocycles. The van der Waals surface area contributed by atoms with Crippen LogP contribution in [0.5, 0.6) is 0 Å². The molecule has 0 heterocycles. The molecule has 1 aliphatic carbocycles. The van der Waals surface area contributed by atoms with E-state index in [0.717, 1.165) is 25.7 Å². The highest BCUT2D eigenvalue weighted by molar-refractivity contribution is 6.35. The fourth-order valence-corrected chi connectivity index (χ4v) is 2.02. The number of carbonyl (C=O) groups excluding carboxylic acids is 2. The van der Waals surface area contributed by atoms with Gasteiger partial charge < -0.3 is 15.4 Å². The zero-order valence-corrected chi connectivity index (χ0v) is 10.7. The molecule has 1 saturated carbocycles. The normalized spacial score (nSPS) is 15.8. The summed E-state index contributed by atoms with van der Waals surface area (Å²) in [5.41, 5.74) is 0. The lowest BCUT2D eigenvalue weighted by molar-refractivity contribution is -0.139. The molecule has 18 heavy (non-hydrogen) atoms. The van der Waals surface area contributed by atoms with Crippen LogP contribution in [-0.4, -0.2) is 31.0 Å². The Labute approximate surface area is 108 Å². The van der Waals surface area contributed by atoms with Gasteiger partial charge in [0.25, 0.3) is 0 Å². The number of hydrogen-bond donors (Lipinski definition) is 2. The Bertz CT molecular complexity index is 286. The van der Waals surface area contributed by atoms with Crippen molar-refractivity contribution < 1.29 is 14.3 Å². The van der Waals surface area contributed by atoms with Crippen molar-refractivity contribution >= 4 is 11.8 Å². The molecule has 0 spiro atoms. The molecule has 1 aliphatic rings. The third-order valence-electron chi connectivity index (χ3n) is 2.99. The number of nitrogens with one attached hydrogen (secondary N) is 2. The molecule has 1 rings (SSSR count). The molecule has 1 fully saturated rings. The molecule has 0 aromatic rings. The van der Waals surface area contributed by atoms with Crippen molar-refractivity contribution in [2.75, 3.05) is 13.2 Å². The van der Waals surface area contributed by atoms with E-state index in [-0.39, 0.29) is 6.04 Å². The molecule has 2 amide bonds. The summed E-state index contributed by atoms with van der Waals surface area (Å²) in [7, 11) is 0. The van der Waals surface area contributed by atoms with Crippen molar-refractivity contribution in [3.63, 3.8) is 0 Å². The van der Waals surface area contributed by atoms with Crippen LogP contribution in [0.3, 0.4) is 0 Å². The van der Waals surface area contributed by atoms with E-state index in [9.17, 15) is 9.59 Å². The van der Waals surface area contributed by atoms with Crippen LogP contribution >= 0.6 is 0 Å². The lowest BCUT2D eigenvalue weighted by Gasteiger charge is -2.22. The lowest BCUT2D eigenvalue weighted by atomic mass is 9.95. The molecule has 0 aromatic heterocycles. The molecular weight excluding hydrogens is 232 g/mol. The molecule has 0 radical (unpaired) electrons. The maximum atomic E-state index is 11.6. The first-order valence-corrected chi connectivity index (χ1v) is 6.55. The van der Waals surface area contributed by atoms with Gasteiger partial charge in [0, 0.05) is 12.6 Å². The molecule has 2 N–H and O–H groups in total. The summed E-state index contributed by atoms with van der Waals surface area (Å²) in [4.78, 5) is 23.0. The SMILES string of the molecule is C=COCCCNC(=O)C(=O)NC1CCCCC1. The quantitative estimate of drug-likeness (QED) is 0.424. The monoisotopic (exact) mass is 254 g/mol. The van der Waals surface area contributed by atoms with Crippen LogP contribution in [0.1, 0.15) is 38.5 Å². The fraction of sp³-hybridized carbons (Fsp3) is 0.692. The van der Waals surface area contributed by atoms with Crippen molar-refractivity contribution in [1.82, 2.24) is 10.6 Å². The lowest BCUT2D eigenvalue weighted by Crippen LogP contribution is -2.45. The van der Waals surface area contributed by atoms with Gasteiger partial charge in [-0.05, 0) is 19.3 Å². The zero-order valence-electron chi connectivity index (χ0n) is 10.7. The van der Waals surface area contributed by atoms with Gasteiger partial charge >= 0.3 is 11.8 Å². The Hall–Kier alpha value is -1.52. The van der Waals surface area contributed by atoms with E-state index in [2.05, 4.69) is 17.2 Å². The molecular formula is C13H22N2O3. The van der Waals surface area contributed by atoms with Gasteiger partial charge in [-0.3, -0.25) is 9.59 Å². The molecule has 102 valence electrons. The second kappa shape index (κ2) is 8.55. The third-order valence-corrected chi connectivity index (χ3v) is 2.99. The number of amides is 2. The summed E-state index contributed by atoms with van der Waals surface area (Å²) in [5.74, 6) is -1.08. The second-order valence-electron chi connectivity index (χ2n) is 4.46. The van der Waals surface area contributed by atoms with E-state index in [1.54, 1.807) is 0 Å². The number of rotatable bonds is 6. The van der Waals surface area contributed by atoms with Gasteiger partial charge in [0.2, 0.25) is 0 Å². The Morgan fingerprint density at radius 2 is 1.94 bits per heavy atom. The number of carbonyl (C=O) groups is 2. The van der Waals surface area contributed by atoms with Crippen molar-refractivity contribution in [2.45, 2.75) is 44.6 Å². The zero-order chi connectivity index (χ0) is 13.2. The van der Waals surface area contributed by atoms with E-state index in [1.165, 1.54) is 12.7 Å². The van der Waals surface area contributed by atoms with E-state index < -0.39 is 11.8 Å². The summed E-state index contributed by atoms with van der Waals surface area (Å²) in [6.45, 7) is 4.34. The van der Waals surface area contributed by atoms with Gasteiger partial charge in [-0.2, -0.15) is 0 Å². The molecule has 0 atom stereocenters. The van der Waals surface area contributed by atoms with Gasteiger partial charge in [0.15, 0.2) is 0 Å². The smallest absolute Gasteiger partial charge is 0.309 e. The van der Waals surface area contributed by atoms with Crippen molar-refractivity contribution in [3.05, 3.63) is 12.8 Å². The topological polar surface area (TPSA) is 67.4 Å². The van der Waals surface area contributed by atoms with Crippen molar-refractivity contribution in [3.8, 4) is 0 Å². The average molecular weight is 254 g/mol. The summed E-state index contributed by atoms with van der Waals surface area (Å²) >= 11 is 0. The van der Waals surface area contributed by atoms with E-state index in [0.29, 0.717) is 19.6 Å². The highest BCUT2D eigenvalue weighted by Gasteiger charge is 2.19. The Morgan fingerprint density at radius 3 is 2.61 bits per heavy atom. The molecule has 5 nitrogen and oxygen atoms in total. The molecule has 0 unspecified atom stereocenters. The summed E-state index contributed by atoms with van der Waals surface area (Å²) < 4.78 is 4.91. The predicted octanol–water partition coefficient (Wildman–Crippen LogP) is 1.10. The highest BCUT2D eigenvalue weighted by Crippen LogP contribution is 2.17. The van der Waals surface area contributed by atoms with E-state index in [1.807, 2.05) is 0 Å². The first-order valence-electron chi connectivity index (χ1n) is 6.55. The molecule has 0 aromatic carbocycles. The Kier molecular flexibility index (Phi) is 6.91. The first-order chi connectivity index (χ1) is 8.74. The van der Waals surface area contributed by atoms with Gasteiger partial charge in [0.05, 0.1) is 12.9 Å². The van der Waals surface area contributed by atoms with Gasteiger partial charge in [0.1, 0.15) is 0 Å². The van der Waals surface area contributed by atoms with Gasteiger partial charge in [-0.1, -0.05) is 25.8 Å². The van der Waals surface area contributed by atoms with Crippen LogP contribution in [0.15, 0.2) is 12.8 Å². The Balaban J connectivity index is 2.12. The first kappa shape index (κ1) is 14.5. The van der Waals surface area contributed by atoms with Crippen LogP contribution in [0.4, 0.5) is 0 Å². The van der Waals surface area contributed by atoms with Crippen LogP contribution in [-0.2, 0) is 14.3 Å². The number of ether oxygens (including phenoxy) is 1. The summed E-state index contributed by atoms with van der Waals surface area (Å²) in [6, 6.07) is 0.168.